The van der Waals surface area contributed by atoms with Crippen LogP contribution >= 0.6 is 0 Å². The summed E-state index contributed by atoms with van der Waals surface area (Å²) in [6, 6.07) is 19.9. The second kappa shape index (κ2) is 7.94. The monoisotopic (exact) mass is 434 g/mol. The summed E-state index contributed by atoms with van der Waals surface area (Å²) in [5.41, 5.74) is 5.70. The number of imidazole rings is 2. The molecule has 0 aliphatic carbocycles. The molecule has 6 aromatic rings. The second-order valence-corrected chi connectivity index (χ2v) is 8.14. The maximum Gasteiger partial charge on any atom is 0.227 e. The Hall–Kier alpha value is -4.39. The number of amides is 1. The van der Waals surface area contributed by atoms with Gasteiger partial charge in [-0.25, -0.2) is 9.97 Å². The van der Waals surface area contributed by atoms with Crippen molar-refractivity contribution in [3.8, 4) is 0 Å². The number of pyridine rings is 2. The zero-order chi connectivity index (χ0) is 22.2. The van der Waals surface area contributed by atoms with E-state index in [1.54, 1.807) is 0 Å². The zero-order valence-electron chi connectivity index (χ0n) is 17.9. The number of nitrogens with one attached hydrogen (secondary N) is 1. The van der Waals surface area contributed by atoms with Gasteiger partial charge in [-0.3, -0.25) is 4.79 Å². The average Bonchev–Trinajstić information content (AvgIpc) is 3.57. The van der Waals surface area contributed by atoms with Crippen LogP contribution in [-0.2, 0) is 24.3 Å². The Balaban J connectivity index is 1.35. The van der Waals surface area contributed by atoms with Crippen molar-refractivity contribution in [2.75, 3.05) is 0 Å². The summed E-state index contributed by atoms with van der Waals surface area (Å²) in [7, 11) is 0. The molecule has 0 saturated carbocycles. The maximum absolute atomic E-state index is 13.6. The first-order valence-corrected chi connectivity index (χ1v) is 10.9. The Bertz CT molecular complexity index is 1510. The summed E-state index contributed by atoms with van der Waals surface area (Å²) in [5, 5.41) is 1.08. The van der Waals surface area contributed by atoms with E-state index in [9.17, 15) is 4.79 Å². The van der Waals surface area contributed by atoms with Crippen molar-refractivity contribution >= 4 is 28.1 Å². The first-order valence-electron chi connectivity index (χ1n) is 10.9. The van der Waals surface area contributed by atoms with Crippen molar-refractivity contribution in [1.29, 1.82) is 0 Å². The fraction of sp³-hybridized carbons (Fsp3) is 0.115. The molecule has 5 aromatic heterocycles. The standard InChI is InChI=1S/C26H22N6O/c33-26(13-19-14-27-23-8-2-1-7-22(19)23)30(17-20-15-28-24-9-3-5-11-31(20)24)18-21-16-29-25-10-4-6-12-32(21)25/h1-12,14-16,27H,13,17-18H2. The van der Waals surface area contributed by atoms with Gasteiger partial charge in [-0.2, -0.15) is 0 Å². The summed E-state index contributed by atoms with van der Waals surface area (Å²) in [6.07, 6.45) is 9.90. The van der Waals surface area contributed by atoms with Crippen LogP contribution < -0.4 is 0 Å². The molecule has 1 N–H and O–H groups in total. The van der Waals surface area contributed by atoms with E-state index in [2.05, 4.69) is 15.0 Å². The molecule has 0 radical (unpaired) electrons. The summed E-state index contributed by atoms with van der Waals surface area (Å²) < 4.78 is 4.06. The summed E-state index contributed by atoms with van der Waals surface area (Å²) >= 11 is 0. The fourth-order valence-electron chi connectivity index (χ4n) is 4.38. The molecule has 5 heterocycles. The Kier molecular flexibility index (Phi) is 4.65. The van der Waals surface area contributed by atoms with Gasteiger partial charge in [0.25, 0.3) is 0 Å². The smallest absolute Gasteiger partial charge is 0.227 e. The quantitative estimate of drug-likeness (QED) is 0.426. The molecule has 0 aliphatic heterocycles. The third-order valence-electron chi connectivity index (χ3n) is 6.06. The number of fused-ring (bicyclic) bond motifs is 3. The lowest BCUT2D eigenvalue weighted by molar-refractivity contribution is -0.131. The van der Waals surface area contributed by atoms with Gasteiger partial charge in [-0.1, -0.05) is 30.3 Å². The van der Waals surface area contributed by atoms with Gasteiger partial charge in [0.05, 0.1) is 43.3 Å². The van der Waals surface area contributed by atoms with Crippen molar-refractivity contribution in [2.45, 2.75) is 19.5 Å². The van der Waals surface area contributed by atoms with Crippen molar-refractivity contribution in [3.63, 3.8) is 0 Å². The Labute approximate surface area is 189 Å². The first kappa shape index (κ1) is 19.3. The van der Waals surface area contributed by atoms with E-state index in [4.69, 9.17) is 0 Å². The predicted molar refractivity (Wildman–Crippen MR) is 127 cm³/mol. The van der Waals surface area contributed by atoms with Gasteiger partial charge in [0, 0.05) is 29.5 Å². The highest BCUT2D eigenvalue weighted by Gasteiger charge is 2.20. The number of rotatable bonds is 6. The molecule has 1 amide bonds. The minimum atomic E-state index is 0.0523. The van der Waals surface area contributed by atoms with Crippen LogP contribution in [0.4, 0.5) is 0 Å². The van der Waals surface area contributed by atoms with Gasteiger partial charge in [0.2, 0.25) is 5.91 Å². The number of H-pyrrole nitrogens is 1. The van der Waals surface area contributed by atoms with Gasteiger partial charge in [-0.05, 0) is 35.9 Å². The minimum absolute atomic E-state index is 0.0523. The molecule has 0 aliphatic rings. The highest BCUT2D eigenvalue weighted by molar-refractivity contribution is 5.88. The highest BCUT2D eigenvalue weighted by atomic mass is 16.2. The normalized spacial score (nSPS) is 11.5. The molecule has 33 heavy (non-hydrogen) atoms. The number of para-hydroxylation sites is 1. The lowest BCUT2D eigenvalue weighted by Crippen LogP contribution is -2.32. The number of carbonyl (C=O) groups is 1. The molecular weight excluding hydrogens is 412 g/mol. The summed E-state index contributed by atoms with van der Waals surface area (Å²) in [6.45, 7) is 0.902. The summed E-state index contributed by atoms with van der Waals surface area (Å²) in [5.74, 6) is 0.0523. The number of carbonyl (C=O) groups excluding carboxylic acids is 1. The first-order chi connectivity index (χ1) is 16.3. The summed E-state index contributed by atoms with van der Waals surface area (Å²) in [4.78, 5) is 27.8. The van der Waals surface area contributed by atoms with Crippen LogP contribution in [0, 0.1) is 0 Å². The topological polar surface area (TPSA) is 70.7 Å². The van der Waals surface area contributed by atoms with Gasteiger partial charge < -0.3 is 18.7 Å². The average molecular weight is 435 g/mol. The van der Waals surface area contributed by atoms with Gasteiger partial charge in [-0.15, -0.1) is 0 Å². The Morgan fingerprint density at radius 3 is 2.09 bits per heavy atom. The third kappa shape index (κ3) is 3.53. The van der Waals surface area contributed by atoms with Crippen LogP contribution in [0.5, 0.6) is 0 Å². The van der Waals surface area contributed by atoms with Crippen LogP contribution in [0.1, 0.15) is 17.0 Å². The lowest BCUT2D eigenvalue weighted by atomic mass is 10.1. The van der Waals surface area contributed by atoms with E-state index >= 15 is 0 Å². The molecule has 1 aromatic carbocycles. The molecule has 7 heteroatoms. The number of aromatic amines is 1. The molecule has 0 saturated heterocycles. The maximum atomic E-state index is 13.6. The van der Waals surface area contributed by atoms with Crippen molar-refractivity contribution < 1.29 is 4.79 Å². The van der Waals surface area contributed by atoms with E-state index in [0.717, 1.165) is 39.1 Å². The van der Waals surface area contributed by atoms with E-state index in [1.807, 2.05) is 105 Å². The van der Waals surface area contributed by atoms with Crippen LogP contribution in [0.15, 0.2) is 91.6 Å². The third-order valence-corrected chi connectivity index (χ3v) is 6.06. The van der Waals surface area contributed by atoms with Crippen molar-refractivity contribution in [2.24, 2.45) is 0 Å². The minimum Gasteiger partial charge on any atom is -0.361 e. The number of hydrogen-bond acceptors (Lipinski definition) is 3. The van der Waals surface area contributed by atoms with Crippen LogP contribution in [0.2, 0.25) is 0 Å². The molecule has 162 valence electrons. The molecular formula is C26H22N6O. The predicted octanol–water partition coefficient (Wildman–Crippen LogP) is 4.23. The number of hydrogen-bond donors (Lipinski definition) is 1. The number of nitrogens with zero attached hydrogens (tertiary/aromatic N) is 5. The molecule has 0 fully saturated rings. The van der Waals surface area contributed by atoms with Gasteiger partial charge in [0.1, 0.15) is 11.3 Å². The fourth-order valence-corrected chi connectivity index (χ4v) is 4.38. The number of benzene rings is 1. The van der Waals surface area contributed by atoms with Gasteiger partial charge in [0.15, 0.2) is 0 Å². The second-order valence-electron chi connectivity index (χ2n) is 8.14. The number of aromatic nitrogens is 5. The SMILES string of the molecule is O=C(Cc1c[nH]c2ccccc12)N(Cc1cnc2ccccn12)Cc1cnc2ccccn12. The van der Waals surface area contributed by atoms with E-state index in [-0.39, 0.29) is 5.91 Å². The van der Waals surface area contributed by atoms with E-state index in [0.29, 0.717) is 19.5 Å². The van der Waals surface area contributed by atoms with Crippen LogP contribution in [0.3, 0.4) is 0 Å². The Morgan fingerprint density at radius 2 is 1.42 bits per heavy atom. The molecule has 6 rings (SSSR count). The van der Waals surface area contributed by atoms with Crippen LogP contribution in [-0.4, -0.2) is 34.6 Å². The zero-order valence-corrected chi connectivity index (χ0v) is 17.9. The molecule has 7 nitrogen and oxygen atoms in total. The van der Waals surface area contributed by atoms with Crippen molar-refractivity contribution in [1.82, 2.24) is 28.7 Å². The van der Waals surface area contributed by atoms with Crippen molar-refractivity contribution in [3.05, 3.63) is 109 Å². The molecule has 0 unspecified atom stereocenters. The highest BCUT2D eigenvalue weighted by Crippen LogP contribution is 2.21. The van der Waals surface area contributed by atoms with Crippen LogP contribution in [0.25, 0.3) is 22.2 Å². The molecule has 0 spiro atoms. The van der Waals surface area contributed by atoms with E-state index in [1.165, 1.54) is 0 Å². The van der Waals surface area contributed by atoms with Gasteiger partial charge >= 0.3 is 0 Å². The molecule has 0 bridgehead atoms. The lowest BCUT2D eigenvalue weighted by Gasteiger charge is -2.22. The largest absolute Gasteiger partial charge is 0.361 e. The molecule has 0 atom stereocenters. The van der Waals surface area contributed by atoms with E-state index < -0.39 is 0 Å². The Morgan fingerprint density at radius 1 is 0.818 bits per heavy atom.